The standard InChI is InChI=1S/C25H34N2O3/c1-7-21(24(29)26-25(4,5)6)27(16-20-11-9-8-10-12-20)23(28)17-30-22-15-18(2)13-14-19(22)3/h8-15,21H,7,16-17H2,1-6H3,(H,26,29). The summed E-state index contributed by atoms with van der Waals surface area (Å²) >= 11 is 0. The van der Waals surface area contributed by atoms with E-state index in [1.54, 1.807) is 4.90 Å². The smallest absolute Gasteiger partial charge is 0.261 e. The Hall–Kier alpha value is -2.82. The molecule has 0 radical (unpaired) electrons. The van der Waals surface area contributed by atoms with Gasteiger partial charge in [-0.3, -0.25) is 9.59 Å². The van der Waals surface area contributed by atoms with Crippen molar-refractivity contribution in [1.29, 1.82) is 0 Å². The third-order valence-corrected chi connectivity index (χ3v) is 4.77. The molecule has 0 aliphatic carbocycles. The average Bonchev–Trinajstić information content (AvgIpc) is 2.67. The van der Waals surface area contributed by atoms with E-state index in [1.807, 2.05) is 90.1 Å². The largest absolute Gasteiger partial charge is 0.483 e. The number of hydrogen-bond donors (Lipinski definition) is 1. The minimum atomic E-state index is -0.570. The van der Waals surface area contributed by atoms with Crippen molar-refractivity contribution < 1.29 is 14.3 Å². The van der Waals surface area contributed by atoms with Gasteiger partial charge in [-0.05, 0) is 63.8 Å². The van der Waals surface area contributed by atoms with Gasteiger partial charge in [0, 0.05) is 12.1 Å². The summed E-state index contributed by atoms with van der Waals surface area (Å²) in [7, 11) is 0. The van der Waals surface area contributed by atoms with Crippen LogP contribution in [0.25, 0.3) is 0 Å². The first-order valence-corrected chi connectivity index (χ1v) is 10.5. The minimum absolute atomic E-state index is 0.115. The summed E-state index contributed by atoms with van der Waals surface area (Å²) in [6.07, 6.45) is 0.518. The minimum Gasteiger partial charge on any atom is -0.483 e. The molecular weight excluding hydrogens is 376 g/mol. The highest BCUT2D eigenvalue weighted by molar-refractivity contribution is 5.88. The SMILES string of the molecule is CCC(C(=O)NC(C)(C)C)N(Cc1ccccc1)C(=O)COc1cc(C)ccc1C. The van der Waals surface area contributed by atoms with Crippen molar-refractivity contribution in [3.05, 3.63) is 65.2 Å². The molecular formula is C25H34N2O3. The topological polar surface area (TPSA) is 58.6 Å². The Kier molecular flexibility index (Phi) is 8.04. The number of nitrogens with one attached hydrogen (secondary N) is 1. The molecule has 0 saturated heterocycles. The maximum absolute atomic E-state index is 13.2. The van der Waals surface area contributed by atoms with Crippen LogP contribution in [0, 0.1) is 13.8 Å². The molecule has 0 fully saturated rings. The molecule has 2 aromatic rings. The molecule has 2 amide bonds. The second-order valence-electron chi connectivity index (χ2n) is 8.73. The van der Waals surface area contributed by atoms with Gasteiger partial charge in [0.05, 0.1) is 0 Å². The molecule has 5 heteroatoms. The normalized spacial score (nSPS) is 12.2. The molecule has 0 bridgehead atoms. The Morgan fingerprint density at radius 3 is 2.33 bits per heavy atom. The molecule has 30 heavy (non-hydrogen) atoms. The predicted molar refractivity (Wildman–Crippen MR) is 120 cm³/mol. The molecule has 2 aromatic carbocycles. The lowest BCUT2D eigenvalue weighted by Crippen LogP contribution is -2.54. The lowest BCUT2D eigenvalue weighted by molar-refractivity contribution is -0.143. The van der Waals surface area contributed by atoms with E-state index in [4.69, 9.17) is 4.74 Å². The molecule has 0 spiro atoms. The molecule has 0 aliphatic rings. The molecule has 1 N–H and O–H groups in total. The first-order valence-electron chi connectivity index (χ1n) is 10.5. The Bertz CT molecular complexity index is 856. The van der Waals surface area contributed by atoms with Crippen molar-refractivity contribution in [2.24, 2.45) is 0 Å². The van der Waals surface area contributed by atoms with E-state index in [1.165, 1.54) is 0 Å². The van der Waals surface area contributed by atoms with Gasteiger partial charge in [-0.1, -0.05) is 49.4 Å². The number of rotatable bonds is 8. The highest BCUT2D eigenvalue weighted by Crippen LogP contribution is 2.20. The van der Waals surface area contributed by atoms with Gasteiger partial charge in [0.25, 0.3) is 5.91 Å². The van der Waals surface area contributed by atoms with E-state index >= 15 is 0 Å². The molecule has 0 saturated carbocycles. The van der Waals surface area contributed by atoms with Gasteiger partial charge in [-0.15, -0.1) is 0 Å². The van der Waals surface area contributed by atoms with Crippen LogP contribution < -0.4 is 10.1 Å². The van der Waals surface area contributed by atoms with Crippen molar-refractivity contribution in [2.75, 3.05) is 6.61 Å². The Labute approximate surface area is 180 Å². The van der Waals surface area contributed by atoms with Crippen molar-refractivity contribution >= 4 is 11.8 Å². The number of amides is 2. The van der Waals surface area contributed by atoms with Crippen LogP contribution in [0.4, 0.5) is 0 Å². The van der Waals surface area contributed by atoms with Crippen LogP contribution in [0.2, 0.25) is 0 Å². The third kappa shape index (κ3) is 6.90. The van der Waals surface area contributed by atoms with Gasteiger partial charge < -0.3 is 15.0 Å². The highest BCUT2D eigenvalue weighted by atomic mass is 16.5. The zero-order valence-electron chi connectivity index (χ0n) is 19.0. The van der Waals surface area contributed by atoms with Crippen LogP contribution in [-0.4, -0.2) is 34.9 Å². The fourth-order valence-electron chi connectivity index (χ4n) is 3.24. The molecule has 2 rings (SSSR count). The third-order valence-electron chi connectivity index (χ3n) is 4.77. The molecule has 0 aromatic heterocycles. The van der Waals surface area contributed by atoms with Crippen LogP contribution in [0.1, 0.15) is 50.8 Å². The zero-order valence-corrected chi connectivity index (χ0v) is 19.0. The maximum Gasteiger partial charge on any atom is 0.261 e. The van der Waals surface area contributed by atoms with Gasteiger partial charge in [-0.2, -0.15) is 0 Å². The van der Waals surface area contributed by atoms with E-state index in [9.17, 15) is 9.59 Å². The molecule has 5 nitrogen and oxygen atoms in total. The Morgan fingerprint density at radius 2 is 1.73 bits per heavy atom. The van der Waals surface area contributed by atoms with Crippen LogP contribution in [0.5, 0.6) is 5.75 Å². The predicted octanol–water partition coefficient (Wildman–Crippen LogP) is 4.40. The number of carbonyl (C=O) groups is 2. The summed E-state index contributed by atoms with van der Waals surface area (Å²) < 4.78 is 5.85. The molecule has 162 valence electrons. The van der Waals surface area contributed by atoms with Crippen LogP contribution >= 0.6 is 0 Å². The lowest BCUT2D eigenvalue weighted by Gasteiger charge is -2.33. The number of benzene rings is 2. The molecule has 1 atom stereocenters. The number of aryl methyl sites for hydroxylation is 2. The molecule has 0 heterocycles. The summed E-state index contributed by atoms with van der Waals surface area (Å²) in [6.45, 7) is 11.9. The van der Waals surface area contributed by atoms with E-state index in [-0.39, 0.29) is 24.0 Å². The second kappa shape index (κ2) is 10.3. The van der Waals surface area contributed by atoms with E-state index in [0.29, 0.717) is 18.7 Å². The van der Waals surface area contributed by atoms with Gasteiger partial charge in [0.15, 0.2) is 6.61 Å². The van der Waals surface area contributed by atoms with Crippen molar-refractivity contribution in [2.45, 2.75) is 66.1 Å². The van der Waals surface area contributed by atoms with Crippen molar-refractivity contribution in [3.63, 3.8) is 0 Å². The van der Waals surface area contributed by atoms with E-state index in [0.717, 1.165) is 16.7 Å². The number of hydrogen-bond acceptors (Lipinski definition) is 3. The quantitative estimate of drug-likeness (QED) is 0.701. The summed E-state index contributed by atoms with van der Waals surface area (Å²) in [5.41, 5.74) is 2.64. The maximum atomic E-state index is 13.2. The van der Waals surface area contributed by atoms with Crippen LogP contribution in [0.3, 0.4) is 0 Å². The fraction of sp³-hybridized carbons (Fsp3) is 0.440. The molecule has 0 aliphatic heterocycles. The number of nitrogens with zero attached hydrogens (tertiary/aromatic N) is 1. The summed E-state index contributed by atoms with van der Waals surface area (Å²) in [5, 5.41) is 3.01. The first-order chi connectivity index (χ1) is 14.1. The van der Waals surface area contributed by atoms with E-state index in [2.05, 4.69) is 5.32 Å². The molecule has 1 unspecified atom stereocenters. The summed E-state index contributed by atoms with van der Waals surface area (Å²) in [5.74, 6) is 0.326. The van der Waals surface area contributed by atoms with Gasteiger partial charge in [0.1, 0.15) is 11.8 Å². The Balaban J connectivity index is 2.23. The zero-order chi connectivity index (χ0) is 22.3. The number of ether oxygens (including phenoxy) is 1. The fourth-order valence-corrected chi connectivity index (χ4v) is 3.24. The van der Waals surface area contributed by atoms with Gasteiger partial charge >= 0.3 is 0 Å². The van der Waals surface area contributed by atoms with Crippen LogP contribution in [-0.2, 0) is 16.1 Å². The Morgan fingerprint density at radius 1 is 1.07 bits per heavy atom. The van der Waals surface area contributed by atoms with Gasteiger partial charge in [-0.25, -0.2) is 0 Å². The summed E-state index contributed by atoms with van der Waals surface area (Å²) in [6, 6.07) is 15.1. The van der Waals surface area contributed by atoms with Crippen molar-refractivity contribution in [3.8, 4) is 5.75 Å². The van der Waals surface area contributed by atoms with Crippen molar-refractivity contribution in [1.82, 2.24) is 10.2 Å². The van der Waals surface area contributed by atoms with Crippen LogP contribution in [0.15, 0.2) is 48.5 Å². The average molecular weight is 411 g/mol. The number of carbonyl (C=O) groups excluding carboxylic acids is 2. The first kappa shape index (κ1) is 23.5. The highest BCUT2D eigenvalue weighted by Gasteiger charge is 2.30. The monoisotopic (exact) mass is 410 g/mol. The van der Waals surface area contributed by atoms with Gasteiger partial charge in [0.2, 0.25) is 5.91 Å². The summed E-state index contributed by atoms with van der Waals surface area (Å²) in [4.78, 5) is 27.8. The van der Waals surface area contributed by atoms with E-state index < -0.39 is 6.04 Å². The second-order valence-corrected chi connectivity index (χ2v) is 8.73. The lowest BCUT2D eigenvalue weighted by atomic mass is 10.1.